The first-order valence-electron chi connectivity index (χ1n) is 11.0. The maximum absolute atomic E-state index is 13.4. The number of aromatic nitrogens is 5. The lowest BCUT2D eigenvalue weighted by molar-refractivity contribution is -0.138. The van der Waals surface area contributed by atoms with Crippen molar-refractivity contribution in [1.82, 2.24) is 24.6 Å². The van der Waals surface area contributed by atoms with Crippen LogP contribution in [0.15, 0.2) is 30.6 Å². The summed E-state index contributed by atoms with van der Waals surface area (Å²) in [4.78, 5) is 8.33. The lowest BCUT2D eigenvalue weighted by Gasteiger charge is -2.29. The first kappa shape index (κ1) is 20.2. The number of hydrogen-bond donors (Lipinski definition) is 1. The highest BCUT2D eigenvalue weighted by Crippen LogP contribution is 2.37. The highest BCUT2D eigenvalue weighted by molar-refractivity contribution is 5.38. The molecule has 3 aromatic heterocycles. The van der Waals surface area contributed by atoms with Crippen LogP contribution in [0, 0.1) is 5.92 Å². The number of nitrogens with zero attached hydrogens (tertiary/aromatic N) is 5. The number of pyridine rings is 1. The number of nitrogens with one attached hydrogen (secondary N) is 1. The zero-order chi connectivity index (χ0) is 21.4. The molecule has 2 atom stereocenters. The average Bonchev–Trinajstić information content (AvgIpc) is 3.14. The van der Waals surface area contributed by atoms with Crippen molar-refractivity contribution in [3.8, 4) is 0 Å². The van der Waals surface area contributed by atoms with E-state index in [0.717, 1.165) is 62.6 Å². The standard InChI is InChI=1S/C22H25F3N6/c23-22(24,25)17-13-26-21(28-18(17)11-14-5-3-6-14)27-16-8-4-7-15(12-16)20-30-29-19-9-1-2-10-31(19)20/h1-2,9-10,13-16H,3-8,11-12H2,(H,26,27,28). The van der Waals surface area contributed by atoms with Crippen LogP contribution in [0.1, 0.15) is 67.9 Å². The molecule has 0 spiro atoms. The SMILES string of the molecule is FC(F)(F)c1cnc(NC2CCCC(c3nnc4ccccn34)C2)nc1CC1CCC1. The van der Waals surface area contributed by atoms with Crippen LogP contribution >= 0.6 is 0 Å². The van der Waals surface area contributed by atoms with Gasteiger partial charge in [-0.25, -0.2) is 9.97 Å². The zero-order valence-corrected chi connectivity index (χ0v) is 17.1. The predicted octanol–water partition coefficient (Wildman–Crippen LogP) is 5.02. The van der Waals surface area contributed by atoms with Gasteiger partial charge in [-0.1, -0.05) is 31.7 Å². The third kappa shape index (κ3) is 4.22. The zero-order valence-electron chi connectivity index (χ0n) is 17.1. The van der Waals surface area contributed by atoms with Gasteiger partial charge in [0.05, 0.1) is 11.3 Å². The second-order valence-electron chi connectivity index (χ2n) is 8.74. The van der Waals surface area contributed by atoms with E-state index in [1.807, 2.05) is 28.8 Å². The molecule has 1 N–H and O–H groups in total. The molecule has 0 amide bonds. The van der Waals surface area contributed by atoms with Gasteiger partial charge < -0.3 is 5.32 Å². The Morgan fingerprint density at radius 3 is 2.68 bits per heavy atom. The highest BCUT2D eigenvalue weighted by atomic mass is 19.4. The van der Waals surface area contributed by atoms with Crippen LogP contribution in [0.5, 0.6) is 0 Å². The Kier molecular flexibility index (Phi) is 5.27. The fraction of sp³-hybridized carbons (Fsp3) is 0.545. The molecule has 2 unspecified atom stereocenters. The molecule has 0 radical (unpaired) electrons. The van der Waals surface area contributed by atoms with Crippen LogP contribution in [-0.2, 0) is 12.6 Å². The van der Waals surface area contributed by atoms with Crippen LogP contribution in [0.4, 0.5) is 19.1 Å². The summed E-state index contributed by atoms with van der Waals surface area (Å²) < 4.78 is 42.3. The van der Waals surface area contributed by atoms with Gasteiger partial charge in [0.15, 0.2) is 5.65 Å². The lowest BCUT2D eigenvalue weighted by atomic mass is 9.81. The van der Waals surface area contributed by atoms with E-state index in [2.05, 4.69) is 25.5 Å². The van der Waals surface area contributed by atoms with Gasteiger partial charge in [0.25, 0.3) is 0 Å². The smallest absolute Gasteiger partial charge is 0.351 e. The van der Waals surface area contributed by atoms with Crippen LogP contribution < -0.4 is 5.32 Å². The Balaban J connectivity index is 1.33. The van der Waals surface area contributed by atoms with E-state index in [-0.39, 0.29) is 17.7 Å². The molecule has 0 aromatic carbocycles. The third-order valence-corrected chi connectivity index (χ3v) is 6.59. The fourth-order valence-electron chi connectivity index (χ4n) is 4.73. The van der Waals surface area contributed by atoms with E-state index >= 15 is 0 Å². The van der Waals surface area contributed by atoms with Crippen LogP contribution in [0.3, 0.4) is 0 Å². The minimum Gasteiger partial charge on any atom is -0.351 e. The van der Waals surface area contributed by atoms with Gasteiger partial charge in [-0.15, -0.1) is 10.2 Å². The first-order chi connectivity index (χ1) is 15.0. The van der Waals surface area contributed by atoms with Gasteiger partial charge in [-0.05, 0) is 43.7 Å². The molecular weight excluding hydrogens is 405 g/mol. The molecule has 2 aliphatic rings. The molecule has 31 heavy (non-hydrogen) atoms. The summed E-state index contributed by atoms with van der Waals surface area (Å²) in [5.41, 5.74) is 0.228. The molecular formula is C22H25F3N6. The fourth-order valence-corrected chi connectivity index (χ4v) is 4.73. The van der Waals surface area contributed by atoms with Gasteiger partial charge in [0.2, 0.25) is 5.95 Å². The molecule has 0 aliphatic heterocycles. The van der Waals surface area contributed by atoms with E-state index in [0.29, 0.717) is 18.3 Å². The van der Waals surface area contributed by atoms with E-state index in [1.165, 1.54) is 0 Å². The highest BCUT2D eigenvalue weighted by Gasteiger charge is 2.36. The van der Waals surface area contributed by atoms with E-state index in [9.17, 15) is 13.2 Å². The lowest BCUT2D eigenvalue weighted by Crippen LogP contribution is -2.29. The summed E-state index contributed by atoms with van der Waals surface area (Å²) in [6.45, 7) is 0. The minimum atomic E-state index is -4.43. The molecule has 2 fully saturated rings. The van der Waals surface area contributed by atoms with Crippen molar-refractivity contribution in [3.05, 3.63) is 47.7 Å². The van der Waals surface area contributed by atoms with Crippen LogP contribution in [0.25, 0.3) is 5.65 Å². The van der Waals surface area contributed by atoms with Crippen molar-refractivity contribution in [1.29, 1.82) is 0 Å². The molecule has 3 aromatic rings. The minimum absolute atomic E-state index is 0.0862. The molecule has 2 saturated carbocycles. The molecule has 2 aliphatic carbocycles. The Morgan fingerprint density at radius 1 is 1.06 bits per heavy atom. The van der Waals surface area contributed by atoms with Crippen molar-refractivity contribution in [2.24, 2.45) is 5.92 Å². The van der Waals surface area contributed by atoms with Crippen molar-refractivity contribution in [2.75, 3.05) is 5.32 Å². The summed E-state index contributed by atoms with van der Waals surface area (Å²) in [6.07, 6.45) is 5.63. The summed E-state index contributed by atoms with van der Waals surface area (Å²) >= 11 is 0. The maximum atomic E-state index is 13.4. The van der Waals surface area contributed by atoms with Crippen molar-refractivity contribution in [3.63, 3.8) is 0 Å². The summed E-state index contributed by atoms with van der Waals surface area (Å²) in [5, 5.41) is 11.9. The van der Waals surface area contributed by atoms with E-state index in [1.54, 1.807) is 0 Å². The van der Waals surface area contributed by atoms with Gasteiger partial charge in [0, 0.05) is 24.4 Å². The Hall–Kier alpha value is -2.71. The Morgan fingerprint density at radius 2 is 1.90 bits per heavy atom. The topological polar surface area (TPSA) is 68.0 Å². The summed E-state index contributed by atoms with van der Waals surface area (Å²) in [7, 11) is 0. The quantitative estimate of drug-likeness (QED) is 0.616. The number of alkyl halides is 3. The Labute approximate surface area is 178 Å². The predicted molar refractivity (Wildman–Crippen MR) is 110 cm³/mol. The largest absolute Gasteiger partial charge is 0.419 e. The maximum Gasteiger partial charge on any atom is 0.419 e. The number of fused-ring (bicyclic) bond motifs is 1. The number of halogens is 3. The normalized spacial score (nSPS) is 22.4. The third-order valence-electron chi connectivity index (χ3n) is 6.59. The Bertz CT molecular complexity index is 1060. The monoisotopic (exact) mass is 430 g/mol. The molecule has 3 heterocycles. The van der Waals surface area contributed by atoms with Crippen molar-refractivity contribution < 1.29 is 13.2 Å². The summed E-state index contributed by atoms with van der Waals surface area (Å²) in [5.74, 6) is 1.75. The van der Waals surface area contributed by atoms with Gasteiger partial charge in [-0.3, -0.25) is 4.40 Å². The van der Waals surface area contributed by atoms with Gasteiger partial charge in [-0.2, -0.15) is 13.2 Å². The first-order valence-corrected chi connectivity index (χ1v) is 11.0. The molecule has 0 saturated heterocycles. The number of rotatable bonds is 5. The summed E-state index contributed by atoms with van der Waals surface area (Å²) in [6, 6.07) is 5.90. The van der Waals surface area contributed by atoms with Gasteiger partial charge in [0.1, 0.15) is 5.82 Å². The van der Waals surface area contributed by atoms with Crippen LogP contribution in [0.2, 0.25) is 0 Å². The van der Waals surface area contributed by atoms with E-state index in [4.69, 9.17) is 0 Å². The second kappa shape index (κ2) is 8.09. The number of hydrogen-bond acceptors (Lipinski definition) is 5. The molecule has 5 rings (SSSR count). The molecule has 9 heteroatoms. The number of anilines is 1. The van der Waals surface area contributed by atoms with Crippen LogP contribution in [-0.4, -0.2) is 30.6 Å². The van der Waals surface area contributed by atoms with E-state index < -0.39 is 11.7 Å². The molecule has 6 nitrogen and oxygen atoms in total. The second-order valence-corrected chi connectivity index (χ2v) is 8.74. The van der Waals surface area contributed by atoms with Gasteiger partial charge >= 0.3 is 6.18 Å². The molecule has 0 bridgehead atoms. The molecule has 164 valence electrons. The van der Waals surface area contributed by atoms with Crippen molar-refractivity contribution in [2.45, 2.75) is 69.5 Å². The average molecular weight is 430 g/mol. The van der Waals surface area contributed by atoms with Crippen molar-refractivity contribution >= 4 is 11.6 Å².